The zero-order valence-corrected chi connectivity index (χ0v) is 15.2. The second-order valence-electron chi connectivity index (χ2n) is 4.78. The SMILES string of the molecule is CCCCCCCC(=S)OCCC[Si](OC)(OC)OC. The lowest BCUT2D eigenvalue weighted by Gasteiger charge is -2.24. The highest BCUT2D eigenvalue weighted by Gasteiger charge is 2.36. The molecule has 4 nitrogen and oxygen atoms in total. The van der Waals surface area contributed by atoms with Gasteiger partial charge in [0.1, 0.15) is 0 Å². The maximum atomic E-state index is 5.56. The van der Waals surface area contributed by atoms with Crippen LogP contribution in [-0.4, -0.2) is 41.8 Å². The first-order valence-electron chi connectivity index (χ1n) is 7.45. The zero-order chi connectivity index (χ0) is 15.3. The molecule has 6 heteroatoms. The van der Waals surface area contributed by atoms with Crippen LogP contribution in [-0.2, 0) is 18.0 Å². The van der Waals surface area contributed by atoms with Gasteiger partial charge in [0, 0.05) is 33.8 Å². The van der Waals surface area contributed by atoms with Crippen molar-refractivity contribution in [3.05, 3.63) is 0 Å². The minimum atomic E-state index is -2.45. The molecular formula is C14H30O4SSi. The minimum absolute atomic E-state index is 0.610. The van der Waals surface area contributed by atoms with Gasteiger partial charge >= 0.3 is 8.80 Å². The van der Waals surface area contributed by atoms with Crippen molar-refractivity contribution in [2.24, 2.45) is 0 Å². The van der Waals surface area contributed by atoms with E-state index in [0.717, 1.165) is 30.4 Å². The molecule has 0 unspecified atom stereocenters. The number of hydrogen-bond acceptors (Lipinski definition) is 5. The molecule has 0 aromatic heterocycles. The zero-order valence-electron chi connectivity index (χ0n) is 13.4. The Kier molecular flexibility index (Phi) is 12.7. The lowest BCUT2D eigenvalue weighted by Crippen LogP contribution is -2.42. The van der Waals surface area contributed by atoms with Crippen molar-refractivity contribution in [3.8, 4) is 0 Å². The molecule has 120 valence electrons. The van der Waals surface area contributed by atoms with Crippen molar-refractivity contribution in [2.75, 3.05) is 27.9 Å². The second kappa shape index (κ2) is 12.7. The molecule has 0 spiro atoms. The van der Waals surface area contributed by atoms with Gasteiger partial charge in [-0.15, -0.1) is 0 Å². The summed E-state index contributed by atoms with van der Waals surface area (Å²) in [7, 11) is 2.42. The fourth-order valence-electron chi connectivity index (χ4n) is 1.98. The van der Waals surface area contributed by atoms with E-state index in [-0.39, 0.29) is 0 Å². The topological polar surface area (TPSA) is 36.9 Å². The summed E-state index contributed by atoms with van der Waals surface area (Å²) in [4.78, 5) is 0. The lowest BCUT2D eigenvalue weighted by atomic mass is 10.1. The molecule has 0 aliphatic heterocycles. The van der Waals surface area contributed by atoms with E-state index in [1.54, 1.807) is 21.3 Å². The molecule has 0 aromatic carbocycles. The van der Waals surface area contributed by atoms with Crippen LogP contribution >= 0.6 is 12.2 Å². The Bertz CT molecular complexity index is 239. The summed E-state index contributed by atoms with van der Waals surface area (Å²) < 4.78 is 21.6. The van der Waals surface area contributed by atoms with E-state index in [9.17, 15) is 0 Å². The summed E-state index contributed by atoms with van der Waals surface area (Å²) in [5.74, 6) is 0. The average molecular weight is 323 g/mol. The van der Waals surface area contributed by atoms with Crippen molar-refractivity contribution >= 4 is 26.1 Å². The van der Waals surface area contributed by atoms with Gasteiger partial charge in [0.25, 0.3) is 0 Å². The molecular weight excluding hydrogens is 292 g/mol. The normalized spacial score (nSPS) is 11.6. The quantitative estimate of drug-likeness (QED) is 0.291. The van der Waals surface area contributed by atoms with Gasteiger partial charge in [0.2, 0.25) is 0 Å². The van der Waals surface area contributed by atoms with Crippen molar-refractivity contribution in [1.82, 2.24) is 0 Å². The summed E-state index contributed by atoms with van der Waals surface area (Å²) >= 11 is 5.22. The van der Waals surface area contributed by atoms with Crippen LogP contribution in [0.4, 0.5) is 0 Å². The van der Waals surface area contributed by atoms with Gasteiger partial charge in [-0.25, -0.2) is 0 Å². The van der Waals surface area contributed by atoms with E-state index >= 15 is 0 Å². The van der Waals surface area contributed by atoms with Crippen molar-refractivity contribution in [3.63, 3.8) is 0 Å². The van der Waals surface area contributed by atoms with Crippen molar-refractivity contribution in [1.29, 1.82) is 0 Å². The van der Waals surface area contributed by atoms with Gasteiger partial charge in [0.05, 0.1) is 6.61 Å². The lowest BCUT2D eigenvalue weighted by molar-refractivity contribution is 0.121. The molecule has 0 aliphatic rings. The van der Waals surface area contributed by atoms with Crippen molar-refractivity contribution < 1.29 is 18.0 Å². The van der Waals surface area contributed by atoms with E-state index in [1.807, 2.05) is 0 Å². The van der Waals surface area contributed by atoms with E-state index in [2.05, 4.69) is 6.92 Å². The molecule has 0 amide bonds. The fourth-order valence-corrected chi connectivity index (χ4v) is 3.89. The predicted molar refractivity (Wildman–Crippen MR) is 88.1 cm³/mol. The number of unbranched alkanes of at least 4 members (excludes halogenated alkanes) is 4. The number of hydrogen-bond donors (Lipinski definition) is 0. The Morgan fingerprint density at radius 1 is 0.900 bits per heavy atom. The van der Waals surface area contributed by atoms with Crippen LogP contribution in [0.3, 0.4) is 0 Å². The first-order valence-corrected chi connectivity index (χ1v) is 9.79. The van der Waals surface area contributed by atoms with Crippen LogP contribution in [0.2, 0.25) is 6.04 Å². The second-order valence-corrected chi connectivity index (χ2v) is 8.33. The smallest absolute Gasteiger partial charge is 0.487 e. The van der Waals surface area contributed by atoms with Gasteiger partial charge < -0.3 is 18.0 Å². The van der Waals surface area contributed by atoms with Gasteiger partial charge in [-0.1, -0.05) is 32.6 Å². The molecule has 0 bridgehead atoms. The Morgan fingerprint density at radius 2 is 1.50 bits per heavy atom. The van der Waals surface area contributed by atoms with Crippen LogP contribution in [0.25, 0.3) is 0 Å². The molecule has 0 radical (unpaired) electrons. The average Bonchev–Trinajstić information content (AvgIpc) is 2.48. The predicted octanol–water partition coefficient (Wildman–Crippen LogP) is 3.96. The molecule has 0 heterocycles. The number of ether oxygens (including phenoxy) is 1. The highest BCUT2D eigenvalue weighted by Crippen LogP contribution is 2.15. The Labute approximate surface area is 130 Å². The third-order valence-electron chi connectivity index (χ3n) is 3.31. The van der Waals surface area contributed by atoms with Gasteiger partial charge in [-0.05, 0) is 25.1 Å². The molecule has 0 fully saturated rings. The largest absolute Gasteiger partial charge is 0.500 e. The Hall–Kier alpha value is -0.0131. The molecule has 0 N–H and O–H groups in total. The Morgan fingerprint density at radius 3 is 2.05 bits per heavy atom. The van der Waals surface area contributed by atoms with E-state index in [0.29, 0.717) is 6.61 Å². The molecule has 0 saturated heterocycles. The van der Waals surface area contributed by atoms with Gasteiger partial charge in [-0.2, -0.15) is 0 Å². The van der Waals surface area contributed by atoms with Crippen LogP contribution in [0.15, 0.2) is 0 Å². The molecule has 0 saturated carbocycles. The summed E-state index contributed by atoms with van der Waals surface area (Å²) in [5, 5.41) is 0.723. The van der Waals surface area contributed by atoms with E-state index in [1.165, 1.54) is 25.7 Å². The Balaban J connectivity index is 3.61. The molecule has 0 atom stereocenters. The monoisotopic (exact) mass is 322 g/mol. The van der Waals surface area contributed by atoms with Crippen LogP contribution in [0.5, 0.6) is 0 Å². The standard InChI is InChI=1S/C14H30O4SSi/c1-5-6-7-8-9-11-14(19)18-12-10-13-20(15-2,16-3)17-4/h5-13H2,1-4H3. The minimum Gasteiger partial charge on any atom is -0.487 e. The summed E-state index contributed by atoms with van der Waals surface area (Å²) in [6.07, 6.45) is 7.97. The highest BCUT2D eigenvalue weighted by molar-refractivity contribution is 7.80. The van der Waals surface area contributed by atoms with E-state index < -0.39 is 8.80 Å². The van der Waals surface area contributed by atoms with Crippen molar-refractivity contribution in [2.45, 2.75) is 57.9 Å². The van der Waals surface area contributed by atoms with Gasteiger partial charge in [0.15, 0.2) is 5.05 Å². The molecule has 20 heavy (non-hydrogen) atoms. The first kappa shape index (κ1) is 20.0. The van der Waals surface area contributed by atoms with Crippen LogP contribution in [0, 0.1) is 0 Å². The third kappa shape index (κ3) is 9.02. The van der Waals surface area contributed by atoms with E-state index in [4.69, 9.17) is 30.2 Å². The highest BCUT2D eigenvalue weighted by atomic mass is 32.1. The van der Waals surface area contributed by atoms with Crippen LogP contribution in [0.1, 0.15) is 51.9 Å². The maximum Gasteiger partial charge on any atom is 0.500 e. The third-order valence-corrected chi connectivity index (χ3v) is 6.46. The van der Waals surface area contributed by atoms with Gasteiger partial charge in [-0.3, -0.25) is 0 Å². The number of rotatable bonds is 13. The number of thiocarbonyl (C=S) groups is 1. The fraction of sp³-hybridized carbons (Fsp3) is 0.929. The van der Waals surface area contributed by atoms with Crippen LogP contribution < -0.4 is 0 Å². The summed E-state index contributed by atoms with van der Waals surface area (Å²) in [6.45, 7) is 2.83. The molecule has 0 rings (SSSR count). The summed E-state index contributed by atoms with van der Waals surface area (Å²) in [5.41, 5.74) is 0. The molecule has 0 aromatic rings. The first-order chi connectivity index (χ1) is 9.64. The summed E-state index contributed by atoms with van der Waals surface area (Å²) in [6, 6.07) is 0.746. The molecule has 0 aliphatic carbocycles. The maximum absolute atomic E-state index is 5.56.